The smallest absolute Gasteiger partial charge is 0.242 e. The van der Waals surface area contributed by atoms with Crippen molar-refractivity contribution in [1.29, 1.82) is 0 Å². The maximum absolute atomic E-state index is 11.6. The molecule has 0 heterocycles. The van der Waals surface area contributed by atoms with Crippen LogP contribution >= 0.6 is 0 Å². The van der Waals surface area contributed by atoms with Gasteiger partial charge in [0.25, 0.3) is 0 Å². The number of carbonyl (C=O) groups is 1. The molecule has 17 heavy (non-hydrogen) atoms. The maximum Gasteiger partial charge on any atom is 0.242 e. The number of amides is 1. The lowest BCUT2D eigenvalue weighted by atomic mass is 9.90. The number of hydrogen-bond acceptors (Lipinski definition) is 3. The van der Waals surface area contributed by atoms with E-state index in [1.54, 1.807) is 14.0 Å². The summed E-state index contributed by atoms with van der Waals surface area (Å²) in [4.78, 5) is 11.6. The summed E-state index contributed by atoms with van der Waals surface area (Å²) in [7, 11) is 1.62. The van der Waals surface area contributed by atoms with E-state index in [2.05, 4.69) is 5.32 Å². The molecule has 0 fully saturated rings. The zero-order valence-corrected chi connectivity index (χ0v) is 10.6. The Kier molecular flexibility index (Phi) is 4.66. The van der Waals surface area contributed by atoms with Crippen LogP contribution in [0.3, 0.4) is 0 Å². The number of nitrogens with one attached hydrogen (secondary N) is 1. The van der Waals surface area contributed by atoms with E-state index in [-0.39, 0.29) is 5.91 Å². The van der Waals surface area contributed by atoms with Crippen molar-refractivity contribution in [3.8, 4) is 0 Å². The van der Waals surface area contributed by atoms with E-state index in [1.807, 2.05) is 31.2 Å². The number of carbonyl (C=O) groups excluding carboxylic acids is 1. The molecule has 4 heteroatoms. The Morgan fingerprint density at radius 1 is 1.53 bits per heavy atom. The molecule has 0 saturated heterocycles. The number of ether oxygens (including phenoxy) is 1. The third-order valence-corrected chi connectivity index (χ3v) is 2.87. The number of primary amides is 1. The highest BCUT2D eigenvalue weighted by molar-refractivity contribution is 5.85. The highest BCUT2D eigenvalue weighted by Gasteiger charge is 2.32. The van der Waals surface area contributed by atoms with Gasteiger partial charge in [-0.2, -0.15) is 0 Å². The predicted octanol–water partition coefficient (Wildman–Crippen LogP) is 0.932. The Bertz CT molecular complexity index is 393. The minimum Gasteiger partial charge on any atom is -0.383 e. The standard InChI is InChI=1S/C13H20N2O2/c1-10-5-4-6-11(9-10)13(2,12(14)16)15-7-8-17-3/h4-6,9,15H,7-8H2,1-3H3,(H2,14,16). The van der Waals surface area contributed by atoms with Crippen molar-refractivity contribution in [2.75, 3.05) is 20.3 Å². The van der Waals surface area contributed by atoms with Crippen LogP contribution in [0.5, 0.6) is 0 Å². The lowest BCUT2D eigenvalue weighted by Gasteiger charge is -2.28. The van der Waals surface area contributed by atoms with E-state index in [9.17, 15) is 4.79 Å². The van der Waals surface area contributed by atoms with Gasteiger partial charge in [0, 0.05) is 13.7 Å². The average Bonchev–Trinajstić information content (AvgIpc) is 2.29. The first-order chi connectivity index (χ1) is 8.00. The Balaban J connectivity index is 2.95. The summed E-state index contributed by atoms with van der Waals surface area (Å²) in [6, 6.07) is 7.77. The van der Waals surface area contributed by atoms with Gasteiger partial charge in [-0.3, -0.25) is 10.1 Å². The lowest BCUT2D eigenvalue weighted by molar-refractivity contribution is -0.124. The van der Waals surface area contributed by atoms with E-state index in [0.29, 0.717) is 13.2 Å². The van der Waals surface area contributed by atoms with Crippen molar-refractivity contribution in [3.05, 3.63) is 35.4 Å². The summed E-state index contributed by atoms with van der Waals surface area (Å²) in [6.45, 7) is 4.89. The van der Waals surface area contributed by atoms with Gasteiger partial charge >= 0.3 is 0 Å². The molecule has 0 spiro atoms. The SMILES string of the molecule is COCCNC(C)(C(N)=O)c1cccc(C)c1. The van der Waals surface area contributed by atoms with Gasteiger partial charge in [0.1, 0.15) is 5.54 Å². The predicted molar refractivity (Wildman–Crippen MR) is 67.6 cm³/mol. The Morgan fingerprint density at radius 3 is 2.76 bits per heavy atom. The summed E-state index contributed by atoms with van der Waals surface area (Å²) in [5.74, 6) is -0.390. The van der Waals surface area contributed by atoms with E-state index in [1.165, 1.54) is 0 Å². The van der Waals surface area contributed by atoms with Crippen LogP contribution in [0.25, 0.3) is 0 Å². The second-order valence-corrected chi connectivity index (χ2v) is 4.28. The molecular formula is C13H20N2O2. The van der Waals surface area contributed by atoms with Crippen LogP contribution in [-0.2, 0) is 15.1 Å². The minimum atomic E-state index is -0.857. The van der Waals surface area contributed by atoms with Crippen LogP contribution in [0.15, 0.2) is 24.3 Å². The van der Waals surface area contributed by atoms with Crippen molar-refractivity contribution < 1.29 is 9.53 Å². The van der Waals surface area contributed by atoms with Gasteiger partial charge in [0.2, 0.25) is 5.91 Å². The first-order valence-electron chi connectivity index (χ1n) is 5.61. The fraction of sp³-hybridized carbons (Fsp3) is 0.462. The van der Waals surface area contributed by atoms with Gasteiger partial charge in [0.15, 0.2) is 0 Å². The summed E-state index contributed by atoms with van der Waals surface area (Å²) < 4.78 is 4.96. The fourth-order valence-electron chi connectivity index (χ4n) is 1.69. The highest BCUT2D eigenvalue weighted by Crippen LogP contribution is 2.21. The molecule has 1 amide bonds. The van der Waals surface area contributed by atoms with Gasteiger partial charge in [0.05, 0.1) is 6.61 Å². The van der Waals surface area contributed by atoms with Gasteiger partial charge in [-0.05, 0) is 19.4 Å². The quantitative estimate of drug-likeness (QED) is 0.722. The third-order valence-electron chi connectivity index (χ3n) is 2.87. The van der Waals surface area contributed by atoms with Gasteiger partial charge < -0.3 is 10.5 Å². The van der Waals surface area contributed by atoms with Crippen LogP contribution in [0.4, 0.5) is 0 Å². The molecule has 0 aromatic heterocycles. The molecule has 1 aromatic rings. The number of benzene rings is 1. The van der Waals surface area contributed by atoms with Crippen LogP contribution in [0.2, 0.25) is 0 Å². The Morgan fingerprint density at radius 2 is 2.24 bits per heavy atom. The average molecular weight is 236 g/mol. The molecule has 1 unspecified atom stereocenters. The van der Waals surface area contributed by atoms with E-state index >= 15 is 0 Å². The van der Waals surface area contributed by atoms with E-state index < -0.39 is 5.54 Å². The van der Waals surface area contributed by atoms with E-state index in [0.717, 1.165) is 11.1 Å². The molecule has 94 valence electrons. The molecule has 0 aliphatic heterocycles. The summed E-state index contributed by atoms with van der Waals surface area (Å²) in [6.07, 6.45) is 0. The molecule has 0 aliphatic carbocycles. The number of aryl methyl sites for hydroxylation is 1. The third kappa shape index (κ3) is 3.28. The van der Waals surface area contributed by atoms with Crippen LogP contribution in [-0.4, -0.2) is 26.2 Å². The summed E-state index contributed by atoms with van der Waals surface area (Å²) in [5, 5.41) is 3.14. The van der Waals surface area contributed by atoms with Crippen LogP contribution in [0.1, 0.15) is 18.1 Å². The van der Waals surface area contributed by atoms with Crippen molar-refractivity contribution in [2.45, 2.75) is 19.4 Å². The van der Waals surface area contributed by atoms with Crippen molar-refractivity contribution in [2.24, 2.45) is 5.73 Å². The van der Waals surface area contributed by atoms with Crippen molar-refractivity contribution in [3.63, 3.8) is 0 Å². The largest absolute Gasteiger partial charge is 0.383 e. The van der Waals surface area contributed by atoms with Crippen LogP contribution in [0, 0.1) is 6.92 Å². The Hall–Kier alpha value is -1.39. The zero-order chi connectivity index (χ0) is 12.9. The second-order valence-electron chi connectivity index (χ2n) is 4.28. The number of hydrogen-bond donors (Lipinski definition) is 2. The van der Waals surface area contributed by atoms with Gasteiger partial charge in [-0.15, -0.1) is 0 Å². The second kappa shape index (κ2) is 5.80. The maximum atomic E-state index is 11.6. The fourth-order valence-corrected chi connectivity index (χ4v) is 1.69. The number of rotatable bonds is 6. The van der Waals surface area contributed by atoms with E-state index in [4.69, 9.17) is 10.5 Å². The first-order valence-corrected chi connectivity index (χ1v) is 5.61. The molecule has 4 nitrogen and oxygen atoms in total. The Labute approximate surface area is 102 Å². The molecule has 1 atom stereocenters. The molecule has 0 bridgehead atoms. The summed E-state index contributed by atoms with van der Waals surface area (Å²) in [5.41, 5.74) is 6.61. The van der Waals surface area contributed by atoms with Crippen LogP contribution < -0.4 is 11.1 Å². The van der Waals surface area contributed by atoms with Crippen molar-refractivity contribution >= 4 is 5.91 Å². The van der Waals surface area contributed by atoms with Crippen molar-refractivity contribution in [1.82, 2.24) is 5.32 Å². The molecular weight excluding hydrogens is 216 g/mol. The number of nitrogens with two attached hydrogens (primary N) is 1. The first kappa shape index (κ1) is 13.7. The monoisotopic (exact) mass is 236 g/mol. The molecule has 0 aliphatic rings. The minimum absolute atomic E-state index is 0.390. The molecule has 1 rings (SSSR count). The molecule has 3 N–H and O–H groups in total. The zero-order valence-electron chi connectivity index (χ0n) is 10.6. The number of methoxy groups -OCH3 is 1. The molecule has 0 radical (unpaired) electrons. The lowest BCUT2D eigenvalue weighted by Crippen LogP contribution is -2.51. The highest BCUT2D eigenvalue weighted by atomic mass is 16.5. The topological polar surface area (TPSA) is 64.3 Å². The summed E-state index contributed by atoms with van der Waals surface area (Å²) >= 11 is 0. The normalized spacial score (nSPS) is 14.3. The van der Waals surface area contributed by atoms with Gasteiger partial charge in [-0.1, -0.05) is 29.8 Å². The molecule has 1 aromatic carbocycles. The molecule has 0 saturated carbocycles. The van der Waals surface area contributed by atoms with Gasteiger partial charge in [-0.25, -0.2) is 0 Å².